The van der Waals surface area contributed by atoms with Gasteiger partial charge in [0, 0.05) is 31.7 Å². The standard InChI is InChI=1S/C12H11F3N4/c13-12(14,15)9-2-3-11(16-6-9)18-7-10(8-18)19-5-1-4-17-19/h1-6,10H,7-8H2. The number of rotatable bonds is 2. The lowest BCUT2D eigenvalue weighted by Gasteiger charge is -2.40. The quantitative estimate of drug-likeness (QED) is 0.838. The number of nitrogens with zero attached hydrogens (tertiary/aromatic N) is 4. The van der Waals surface area contributed by atoms with Crippen molar-refractivity contribution in [2.45, 2.75) is 12.2 Å². The second-order valence-corrected chi connectivity index (χ2v) is 4.45. The molecule has 0 radical (unpaired) electrons. The van der Waals surface area contributed by atoms with Crippen LogP contribution in [0.2, 0.25) is 0 Å². The fraction of sp³-hybridized carbons (Fsp3) is 0.333. The Balaban J connectivity index is 1.66. The molecule has 7 heteroatoms. The van der Waals surface area contributed by atoms with Gasteiger partial charge in [0.1, 0.15) is 5.82 Å². The molecule has 100 valence electrons. The Kier molecular flexibility index (Phi) is 2.69. The van der Waals surface area contributed by atoms with Crippen LogP contribution in [0, 0.1) is 0 Å². The van der Waals surface area contributed by atoms with E-state index in [0.29, 0.717) is 18.9 Å². The molecule has 1 aliphatic rings. The molecular weight excluding hydrogens is 257 g/mol. The van der Waals surface area contributed by atoms with Gasteiger partial charge >= 0.3 is 6.18 Å². The van der Waals surface area contributed by atoms with Crippen molar-refractivity contribution in [2.24, 2.45) is 0 Å². The number of hydrogen-bond acceptors (Lipinski definition) is 3. The van der Waals surface area contributed by atoms with E-state index in [1.807, 2.05) is 21.8 Å². The Labute approximate surface area is 107 Å². The molecule has 0 spiro atoms. The highest BCUT2D eigenvalue weighted by Crippen LogP contribution is 2.31. The monoisotopic (exact) mass is 268 g/mol. The third-order valence-electron chi connectivity index (χ3n) is 3.16. The molecule has 3 heterocycles. The van der Waals surface area contributed by atoms with Crippen molar-refractivity contribution in [2.75, 3.05) is 18.0 Å². The Bertz CT molecular complexity index is 541. The van der Waals surface area contributed by atoms with Gasteiger partial charge in [-0.25, -0.2) is 4.98 Å². The number of alkyl halides is 3. The van der Waals surface area contributed by atoms with Crippen molar-refractivity contribution >= 4 is 5.82 Å². The molecule has 0 N–H and O–H groups in total. The summed E-state index contributed by atoms with van der Waals surface area (Å²) in [5, 5.41) is 4.13. The SMILES string of the molecule is FC(F)(F)c1ccc(N2CC(n3cccn3)C2)nc1. The zero-order valence-electron chi connectivity index (χ0n) is 9.88. The highest BCUT2D eigenvalue weighted by Gasteiger charge is 2.32. The molecule has 4 nitrogen and oxygen atoms in total. The molecule has 1 saturated heterocycles. The van der Waals surface area contributed by atoms with Gasteiger partial charge in [0.05, 0.1) is 11.6 Å². The molecule has 1 fully saturated rings. The topological polar surface area (TPSA) is 34.0 Å². The summed E-state index contributed by atoms with van der Waals surface area (Å²) in [4.78, 5) is 5.78. The average Bonchev–Trinajstić information content (AvgIpc) is 2.80. The van der Waals surface area contributed by atoms with Gasteiger partial charge in [0.2, 0.25) is 0 Å². The molecule has 2 aromatic rings. The molecule has 0 saturated carbocycles. The molecule has 1 aliphatic heterocycles. The highest BCUT2D eigenvalue weighted by molar-refractivity contribution is 5.43. The third-order valence-corrected chi connectivity index (χ3v) is 3.16. The van der Waals surface area contributed by atoms with E-state index in [9.17, 15) is 13.2 Å². The van der Waals surface area contributed by atoms with E-state index < -0.39 is 11.7 Å². The molecule has 0 aromatic carbocycles. The fourth-order valence-corrected chi connectivity index (χ4v) is 2.05. The maximum Gasteiger partial charge on any atom is 0.417 e. The van der Waals surface area contributed by atoms with Gasteiger partial charge in [0.15, 0.2) is 0 Å². The van der Waals surface area contributed by atoms with Gasteiger partial charge in [-0.1, -0.05) is 0 Å². The summed E-state index contributed by atoms with van der Waals surface area (Å²) in [5.41, 5.74) is -0.722. The Hall–Kier alpha value is -2.05. The van der Waals surface area contributed by atoms with Gasteiger partial charge in [-0.05, 0) is 18.2 Å². The van der Waals surface area contributed by atoms with Gasteiger partial charge in [-0.3, -0.25) is 4.68 Å². The smallest absolute Gasteiger partial charge is 0.352 e. The number of hydrogen-bond donors (Lipinski definition) is 0. The zero-order valence-corrected chi connectivity index (χ0v) is 9.88. The first-order valence-corrected chi connectivity index (χ1v) is 5.81. The van der Waals surface area contributed by atoms with Crippen molar-refractivity contribution < 1.29 is 13.2 Å². The lowest BCUT2D eigenvalue weighted by molar-refractivity contribution is -0.137. The second kappa shape index (κ2) is 4.25. The summed E-state index contributed by atoms with van der Waals surface area (Å²) < 4.78 is 39.0. The van der Waals surface area contributed by atoms with E-state index >= 15 is 0 Å². The molecule has 2 aromatic heterocycles. The summed E-state index contributed by atoms with van der Waals surface area (Å²) in [6.45, 7) is 1.42. The van der Waals surface area contributed by atoms with Crippen LogP contribution in [0.25, 0.3) is 0 Å². The minimum atomic E-state index is -4.34. The molecule has 0 unspecified atom stereocenters. The summed E-state index contributed by atoms with van der Waals surface area (Å²) in [6, 6.07) is 4.57. The van der Waals surface area contributed by atoms with Crippen LogP contribution in [0.15, 0.2) is 36.8 Å². The lowest BCUT2D eigenvalue weighted by atomic mass is 10.1. The summed E-state index contributed by atoms with van der Waals surface area (Å²) in [6.07, 6.45) is 0.121. The lowest BCUT2D eigenvalue weighted by Crippen LogP contribution is -2.48. The summed E-state index contributed by atoms with van der Waals surface area (Å²) >= 11 is 0. The van der Waals surface area contributed by atoms with Crippen molar-refractivity contribution in [3.8, 4) is 0 Å². The van der Waals surface area contributed by atoms with Crippen LogP contribution >= 0.6 is 0 Å². The zero-order chi connectivity index (χ0) is 13.5. The minimum Gasteiger partial charge on any atom is -0.352 e. The van der Waals surface area contributed by atoms with Crippen molar-refractivity contribution in [1.82, 2.24) is 14.8 Å². The summed E-state index contributed by atoms with van der Waals surface area (Å²) in [7, 11) is 0. The predicted octanol–water partition coefficient (Wildman–Crippen LogP) is 2.36. The van der Waals surface area contributed by atoms with Crippen LogP contribution in [0.3, 0.4) is 0 Å². The van der Waals surface area contributed by atoms with Crippen LogP contribution in [0.1, 0.15) is 11.6 Å². The van der Waals surface area contributed by atoms with Crippen LogP contribution in [-0.4, -0.2) is 27.9 Å². The minimum absolute atomic E-state index is 0.263. The van der Waals surface area contributed by atoms with Crippen LogP contribution in [0.5, 0.6) is 0 Å². The van der Waals surface area contributed by atoms with E-state index in [4.69, 9.17) is 0 Å². The fourth-order valence-electron chi connectivity index (χ4n) is 2.05. The molecule has 0 bridgehead atoms. The van der Waals surface area contributed by atoms with E-state index in [-0.39, 0.29) is 6.04 Å². The number of aromatic nitrogens is 3. The Morgan fingerprint density at radius 2 is 2.00 bits per heavy atom. The number of anilines is 1. The largest absolute Gasteiger partial charge is 0.417 e. The molecule has 0 atom stereocenters. The summed E-state index contributed by atoms with van der Waals surface area (Å²) in [5.74, 6) is 0.566. The van der Waals surface area contributed by atoms with Crippen LogP contribution in [-0.2, 0) is 6.18 Å². The van der Waals surface area contributed by atoms with Gasteiger partial charge < -0.3 is 4.90 Å². The molecule has 19 heavy (non-hydrogen) atoms. The van der Waals surface area contributed by atoms with E-state index in [0.717, 1.165) is 12.3 Å². The second-order valence-electron chi connectivity index (χ2n) is 4.45. The Morgan fingerprint density at radius 3 is 2.53 bits per heavy atom. The first-order chi connectivity index (χ1) is 9.04. The van der Waals surface area contributed by atoms with Crippen molar-refractivity contribution in [1.29, 1.82) is 0 Å². The Morgan fingerprint density at radius 1 is 1.21 bits per heavy atom. The first kappa shape index (κ1) is 12.0. The third kappa shape index (κ3) is 2.27. The highest BCUT2D eigenvalue weighted by atomic mass is 19.4. The van der Waals surface area contributed by atoms with Crippen molar-refractivity contribution in [3.05, 3.63) is 42.4 Å². The predicted molar refractivity (Wildman–Crippen MR) is 62.7 cm³/mol. The number of pyridine rings is 1. The van der Waals surface area contributed by atoms with Gasteiger partial charge in [-0.2, -0.15) is 18.3 Å². The van der Waals surface area contributed by atoms with E-state index in [2.05, 4.69) is 10.1 Å². The number of halogens is 3. The van der Waals surface area contributed by atoms with Gasteiger partial charge in [-0.15, -0.1) is 0 Å². The normalized spacial score (nSPS) is 16.5. The maximum absolute atomic E-state index is 12.4. The van der Waals surface area contributed by atoms with Crippen LogP contribution in [0.4, 0.5) is 19.0 Å². The first-order valence-electron chi connectivity index (χ1n) is 5.81. The average molecular weight is 268 g/mol. The van der Waals surface area contributed by atoms with E-state index in [1.165, 1.54) is 6.07 Å². The molecule has 0 aliphatic carbocycles. The van der Waals surface area contributed by atoms with Crippen molar-refractivity contribution in [3.63, 3.8) is 0 Å². The van der Waals surface area contributed by atoms with E-state index in [1.54, 1.807) is 6.20 Å². The van der Waals surface area contributed by atoms with Gasteiger partial charge in [0.25, 0.3) is 0 Å². The molecular formula is C12H11F3N4. The molecule has 0 amide bonds. The van der Waals surface area contributed by atoms with Crippen LogP contribution < -0.4 is 4.90 Å². The maximum atomic E-state index is 12.4. The molecule has 3 rings (SSSR count).